The van der Waals surface area contributed by atoms with Gasteiger partial charge in [0.25, 0.3) is 0 Å². The fraction of sp³-hybridized carbons (Fsp3) is 0.133. The number of fused-ring (bicyclic) bond motifs is 1. The minimum Gasteiger partial charge on any atom is -0.369 e. The predicted octanol–water partition coefficient (Wildman–Crippen LogP) is 3.90. The Morgan fingerprint density at radius 3 is 2.76 bits per heavy atom. The SMILES string of the molecule is Nc1nc2cc(F)c(Br)cc2n1CCc1cccc(F)c1. The summed E-state index contributed by atoms with van der Waals surface area (Å²) in [6.45, 7) is 0.545. The molecule has 0 saturated heterocycles. The summed E-state index contributed by atoms with van der Waals surface area (Å²) in [5.74, 6) is -0.322. The van der Waals surface area contributed by atoms with E-state index in [1.165, 1.54) is 18.2 Å². The Hall–Kier alpha value is -1.95. The third-order valence-corrected chi connectivity index (χ3v) is 3.94. The van der Waals surface area contributed by atoms with Crippen molar-refractivity contribution in [2.45, 2.75) is 13.0 Å². The highest BCUT2D eigenvalue weighted by Gasteiger charge is 2.11. The average molecular weight is 352 g/mol. The minimum absolute atomic E-state index is 0.263. The highest BCUT2D eigenvalue weighted by molar-refractivity contribution is 9.10. The van der Waals surface area contributed by atoms with Gasteiger partial charge in [0.05, 0.1) is 15.5 Å². The lowest BCUT2D eigenvalue weighted by molar-refractivity contribution is 0.621. The van der Waals surface area contributed by atoms with Crippen LogP contribution >= 0.6 is 15.9 Å². The number of nitrogens with zero attached hydrogens (tertiary/aromatic N) is 2. The van der Waals surface area contributed by atoms with Gasteiger partial charge >= 0.3 is 0 Å². The third kappa shape index (κ3) is 2.76. The highest BCUT2D eigenvalue weighted by Crippen LogP contribution is 2.25. The fourth-order valence-electron chi connectivity index (χ4n) is 2.31. The Morgan fingerprint density at radius 2 is 2.00 bits per heavy atom. The van der Waals surface area contributed by atoms with Crippen molar-refractivity contribution >= 4 is 32.9 Å². The molecule has 1 heterocycles. The Balaban J connectivity index is 1.93. The van der Waals surface area contributed by atoms with Crippen LogP contribution in [0.4, 0.5) is 14.7 Å². The first-order valence-corrected chi connectivity index (χ1v) is 7.19. The van der Waals surface area contributed by atoms with E-state index in [0.717, 1.165) is 11.1 Å². The fourth-order valence-corrected chi connectivity index (χ4v) is 2.64. The molecule has 6 heteroatoms. The summed E-state index contributed by atoms with van der Waals surface area (Å²) >= 11 is 3.16. The summed E-state index contributed by atoms with van der Waals surface area (Å²) < 4.78 is 28.8. The van der Waals surface area contributed by atoms with Gasteiger partial charge < -0.3 is 10.3 Å². The molecule has 0 fully saturated rings. The maximum atomic E-state index is 13.5. The average Bonchev–Trinajstić information content (AvgIpc) is 2.72. The number of hydrogen-bond acceptors (Lipinski definition) is 2. The second-order valence-corrected chi connectivity index (χ2v) is 5.61. The Morgan fingerprint density at radius 1 is 1.19 bits per heavy atom. The van der Waals surface area contributed by atoms with E-state index in [0.29, 0.717) is 28.9 Å². The van der Waals surface area contributed by atoms with E-state index in [1.54, 1.807) is 16.7 Å². The van der Waals surface area contributed by atoms with Crippen molar-refractivity contribution in [2.24, 2.45) is 0 Å². The van der Waals surface area contributed by atoms with Crippen molar-refractivity contribution in [1.29, 1.82) is 0 Å². The smallest absolute Gasteiger partial charge is 0.201 e. The first-order chi connectivity index (χ1) is 10.0. The molecule has 0 amide bonds. The first-order valence-electron chi connectivity index (χ1n) is 6.40. The Labute approximate surface area is 128 Å². The lowest BCUT2D eigenvalue weighted by atomic mass is 10.1. The third-order valence-electron chi connectivity index (χ3n) is 3.33. The van der Waals surface area contributed by atoms with Crippen LogP contribution in [0.5, 0.6) is 0 Å². The summed E-state index contributed by atoms with van der Waals surface area (Å²) in [7, 11) is 0. The number of imidazole rings is 1. The van der Waals surface area contributed by atoms with Crippen molar-refractivity contribution in [3.05, 3.63) is 58.1 Å². The quantitative estimate of drug-likeness (QED) is 0.777. The van der Waals surface area contributed by atoms with Crippen LogP contribution in [0.15, 0.2) is 40.9 Å². The van der Waals surface area contributed by atoms with Gasteiger partial charge in [0.15, 0.2) is 0 Å². The summed E-state index contributed by atoms with van der Waals surface area (Å²) in [6.07, 6.45) is 0.614. The number of rotatable bonds is 3. The molecule has 0 aliphatic carbocycles. The molecule has 21 heavy (non-hydrogen) atoms. The molecule has 0 radical (unpaired) electrons. The summed E-state index contributed by atoms with van der Waals surface area (Å²) in [4.78, 5) is 4.15. The Kier molecular flexibility index (Phi) is 3.63. The normalized spacial score (nSPS) is 11.2. The molecule has 0 unspecified atom stereocenters. The largest absolute Gasteiger partial charge is 0.369 e. The molecule has 2 aromatic carbocycles. The number of anilines is 1. The summed E-state index contributed by atoms with van der Waals surface area (Å²) in [6, 6.07) is 9.42. The summed E-state index contributed by atoms with van der Waals surface area (Å²) in [5, 5.41) is 0. The van der Waals surface area contributed by atoms with E-state index < -0.39 is 0 Å². The van der Waals surface area contributed by atoms with E-state index in [-0.39, 0.29) is 11.6 Å². The lowest BCUT2D eigenvalue weighted by Gasteiger charge is -2.07. The molecule has 3 nitrogen and oxygen atoms in total. The zero-order valence-corrected chi connectivity index (χ0v) is 12.6. The van der Waals surface area contributed by atoms with Crippen molar-refractivity contribution in [1.82, 2.24) is 9.55 Å². The number of benzene rings is 2. The Bertz CT molecular complexity index is 814. The molecular weight excluding hydrogens is 340 g/mol. The number of aromatic nitrogens is 2. The van der Waals surface area contributed by atoms with Gasteiger partial charge in [-0.3, -0.25) is 0 Å². The van der Waals surface area contributed by atoms with Gasteiger partial charge in [-0.2, -0.15) is 0 Å². The van der Waals surface area contributed by atoms with Gasteiger partial charge in [0.1, 0.15) is 11.6 Å². The van der Waals surface area contributed by atoms with Gasteiger partial charge in [-0.25, -0.2) is 13.8 Å². The molecule has 3 aromatic rings. The number of halogens is 3. The van der Waals surface area contributed by atoms with E-state index >= 15 is 0 Å². The number of nitrogen functional groups attached to an aromatic ring is 1. The van der Waals surface area contributed by atoms with E-state index in [4.69, 9.17) is 5.73 Å². The van der Waals surface area contributed by atoms with Gasteiger partial charge in [0.2, 0.25) is 5.95 Å². The van der Waals surface area contributed by atoms with Gasteiger partial charge in [-0.15, -0.1) is 0 Å². The number of nitrogens with two attached hydrogens (primary N) is 1. The molecule has 0 atom stereocenters. The number of hydrogen-bond donors (Lipinski definition) is 1. The molecular formula is C15H12BrF2N3. The highest BCUT2D eigenvalue weighted by atomic mass is 79.9. The van der Waals surface area contributed by atoms with Crippen LogP contribution in [0.1, 0.15) is 5.56 Å². The van der Waals surface area contributed by atoms with Crippen LogP contribution in [-0.2, 0) is 13.0 Å². The molecule has 0 aliphatic heterocycles. The van der Waals surface area contributed by atoms with Crippen LogP contribution in [0.3, 0.4) is 0 Å². The van der Waals surface area contributed by atoms with Crippen molar-refractivity contribution in [3.8, 4) is 0 Å². The zero-order valence-electron chi connectivity index (χ0n) is 11.0. The molecule has 0 spiro atoms. The molecule has 1 aromatic heterocycles. The summed E-state index contributed by atoms with van der Waals surface area (Å²) in [5.41, 5.74) is 8.01. The minimum atomic E-state index is -0.378. The molecule has 0 saturated carbocycles. The van der Waals surface area contributed by atoms with Crippen LogP contribution < -0.4 is 5.73 Å². The number of aryl methyl sites for hydroxylation is 2. The first kappa shape index (κ1) is 14.0. The van der Waals surface area contributed by atoms with Crippen LogP contribution in [-0.4, -0.2) is 9.55 Å². The topological polar surface area (TPSA) is 43.8 Å². The maximum absolute atomic E-state index is 13.5. The predicted molar refractivity (Wildman–Crippen MR) is 81.9 cm³/mol. The van der Waals surface area contributed by atoms with Gasteiger partial charge in [0, 0.05) is 12.6 Å². The van der Waals surface area contributed by atoms with Crippen LogP contribution in [0.25, 0.3) is 11.0 Å². The van der Waals surface area contributed by atoms with Gasteiger partial charge in [-0.05, 0) is 46.1 Å². The van der Waals surface area contributed by atoms with E-state index in [1.807, 2.05) is 6.07 Å². The standard InChI is InChI=1S/C15H12BrF2N3/c16-11-7-14-13(8-12(11)18)20-15(19)21(14)5-4-9-2-1-3-10(17)6-9/h1-3,6-8H,4-5H2,(H2,19,20). The second kappa shape index (κ2) is 5.44. The maximum Gasteiger partial charge on any atom is 0.201 e. The molecule has 2 N–H and O–H groups in total. The van der Waals surface area contributed by atoms with Crippen LogP contribution in [0, 0.1) is 11.6 Å². The van der Waals surface area contributed by atoms with Crippen LogP contribution in [0.2, 0.25) is 0 Å². The molecule has 108 valence electrons. The second-order valence-electron chi connectivity index (χ2n) is 4.76. The lowest BCUT2D eigenvalue weighted by Crippen LogP contribution is -2.05. The van der Waals surface area contributed by atoms with E-state index in [2.05, 4.69) is 20.9 Å². The van der Waals surface area contributed by atoms with Gasteiger partial charge in [-0.1, -0.05) is 12.1 Å². The molecule has 0 bridgehead atoms. The molecule has 3 rings (SSSR count). The van der Waals surface area contributed by atoms with Crippen molar-refractivity contribution in [3.63, 3.8) is 0 Å². The monoisotopic (exact) mass is 351 g/mol. The van der Waals surface area contributed by atoms with Crippen molar-refractivity contribution < 1.29 is 8.78 Å². The zero-order chi connectivity index (χ0) is 15.0. The van der Waals surface area contributed by atoms with Crippen molar-refractivity contribution in [2.75, 3.05) is 5.73 Å². The van der Waals surface area contributed by atoms with E-state index in [9.17, 15) is 8.78 Å². The molecule has 0 aliphatic rings.